The number of amides is 2. The smallest absolute Gasteiger partial charge is 0.316 e. The number of nitrogens with zero attached hydrogens (tertiary/aromatic N) is 1. The fraction of sp³-hybridized carbons (Fsp3) is 0.167. The summed E-state index contributed by atoms with van der Waals surface area (Å²) in [7, 11) is 0. The van der Waals surface area contributed by atoms with Crippen LogP contribution in [0.25, 0.3) is 0 Å². The lowest BCUT2D eigenvalue weighted by molar-refractivity contribution is -0.136. The average molecular weight is 378 g/mol. The second-order valence-electron chi connectivity index (χ2n) is 5.58. The molecule has 2 N–H and O–H groups in total. The third-order valence-corrected chi connectivity index (χ3v) is 4.21. The number of carbonyl (C=O) groups excluding carboxylic acids is 2. The summed E-state index contributed by atoms with van der Waals surface area (Å²) in [6.45, 7) is 4.21. The molecule has 0 heterocycles. The Hall–Kier alpha value is -2.37. The molecule has 7 heteroatoms. The van der Waals surface area contributed by atoms with Gasteiger partial charge >= 0.3 is 11.8 Å². The highest BCUT2D eigenvalue weighted by Crippen LogP contribution is 2.29. The molecule has 0 saturated heterocycles. The zero-order chi connectivity index (χ0) is 18.4. The lowest BCUT2D eigenvalue weighted by Gasteiger charge is -2.07. The normalized spacial score (nSPS) is 10.9. The van der Waals surface area contributed by atoms with Gasteiger partial charge < -0.3 is 5.32 Å². The first-order valence-corrected chi connectivity index (χ1v) is 8.32. The highest BCUT2D eigenvalue weighted by Gasteiger charge is 2.15. The van der Waals surface area contributed by atoms with Gasteiger partial charge in [-0.15, -0.1) is 0 Å². The summed E-state index contributed by atoms with van der Waals surface area (Å²) in [5.41, 5.74) is 4.43. The van der Waals surface area contributed by atoms with Crippen molar-refractivity contribution in [1.29, 1.82) is 0 Å². The summed E-state index contributed by atoms with van der Waals surface area (Å²) in [6.07, 6.45) is 1.46. The molecule has 25 heavy (non-hydrogen) atoms. The van der Waals surface area contributed by atoms with Crippen LogP contribution in [0.4, 0.5) is 5.69 Å². The van der Waals surface area contributed by atoms with E-state index < -0.39 is 11.8 Å². The fourth-order valence-corrected chi connectivity index (χ4v) is 2.31. The Balaban J connectivity index is 1.92. The van der Waals surface area contributed by atoms with Crippen LogP contribution in [-0.2, 0) is 9.59 Å². The monoisotopic (exact) mass is 377 g/mol. The van der Waals surface area contributed by atoms with E-state index in [1.807, 2.05) is 24.3 Å². The molecule has 130 valence electrons. The second-order valence-corrected chi connectivity index (χ2v) is 6.36. The van der Waals surface area contributed by atoms with Crippen molar-refractivity contribution in [2.45, 2.75) is 19.8 Å². The number of halogens is 2. The van der Waals surface area contributed by atoms with Crippen LogP contribution in [0.15, 0.2) is 47.6 Å². The van der Waals surface area contributed by atoms with E-state index in [0.29, 0.717) is 5.92 Å². The minimum atomic E-state index is -0.911. The number of benzene rings is 2. The van der Waals surface area contributed by atoms with Crippen LogP contribution in [-0.4, -0.2) is 18.0 Å². The summed E-state index contributed by atoms with van der Waals surface area (Å²) < 4.78 is 0. The molecule has 0 aliphatic rings. The van der Waals surface area contributed by atoms with Gasteiger partial charge in [-0.05, 0) is 29.2 Å². The first-order valence-electron chi connectivity index (χ1n) is 7.57. The SMILES string of the molecule is CC(C)c1ccc(/C=N\NC(=O)C(=O)Nc2cccc(Cl)c2Cl)cc1. The molecule has 0 bridgehead atoms. The lowest BCUT2D eigenvalue weighted by Crippen LogP contribution is -2.32. The van der Waals surface area contributed by atoms with E-state index in [1.54, 1.807) is 18.2 Å². The fourth-order valence-electron chi connectivity index (χ4n) is 1.96. The van der Waals surface area contributed by atoms with E-state index in [9.17, 15) is 9.59 Å². The number of hydrogen-bond donors (Lipinski definition) is 2. The Morgan fingerprint density at radius 1 is 1.04 bits per heavy atom. The van der Waals surface area contributed by atoms with Crippen LogP contribution in [0.1, 0.15) is 30.9 Å². The largest absolute Gasteiger partial charge is 0.329 e. The Labute approximate surface area is 156 Å². The van der Waals surface area contributed by atoms with Crippen LogP contribution in [0, 0.1) is 0 Å². The van der Waals surface area contributed by atoms with E-state index in [0.717, 1.165) is 5.56 Å². The van der Waals surface area contributed by atoms with Gasteiger partial charge in [0.1, 0.15) is 0 Å². The minimum absolute atomic E-state index is 0.166. The summed E-state index contributed by atoms with van der Waals surface area (Å²) in [5.74, 6) is -1.37. The van der Waals surface area contributed by atoms with Gasteiger partial charge in [0.05, 0.1) is 21.9 Å². The summed E-state index contributed by atoms with van der Waals surface area (Å²) >= 11 is 11.8. The first kappa shape index (κ1) is 19.0. The van der Waals surface area contributed by atoms with Gasteiger partial charge in [0.2, 0.25) is 0 Å². The third-order valence-electron chi connectivity index (χ3n) is 3.39. The maximum Gasteiger partial charge on any atom is 0.329 e. The van der Waals surface area contributed by atoms with Crippen molar-refractivity contribution in [2.24, 2.45) is 5.10 Å². The molecule has 0 spiro atoms. The Bertz CT molecular complexity index is 802. The van der Waals surface area contributed by atoms with Crippen molar-refractivity contribution in [2.75, 3.05) is 5.32 Å². The summed E-state index contributed by atoms with van der Waals surface area (Å²) in [6, 6.07) is 12.5. The van der Waals surface area contributed by atoms with E-state index in [2.05, 4.69) is 29.7 Å². The topological polar surface area (TPSA) is 70.6 Å². The number of hydrazone groups is 1. The molecule has 0 radical (unpaired) electrons. The van der Waals surface area contributed by atoms with E-state index >= 15 is 0 Å². The van der Waals surface area contributed by atoms with Crippen molar-refractivity contribution in [3.8, 4) is 0 Å². The van der Waals surface area contributed by atoms with Crippen LogP contribution in [0.3, 0.4) is 0 Å². The predicted molar refractivity (Wildman–Crippen MR) is 101 cm³/mol. The molecule has 2 aromatic carbocycles. The standard InChI is InChI=1S/C18H17Cl2N3O2/c1-11(2)13-8-6-12(7-9-13)10-21-23-18(25)17(24)22-15-5-3-4-14(19)16(15)20/h3-11H,1-2H3,(H,22,24)(H,23,25)/b21-10-. The maximum absolute atomic E-state index is 11.8. The quantitative estimate of drug-likeness (QED) is 0.476. The lowest BCUT2D eigenvalue weighted by atomic mass is 10.0. The molecule has 0 aliphatic heterocycles. The van der Waals surface area contributed by atoms with Gasteiger partial charge in [0.25, 0.3) is 0 Å². The molecule has 5 nitrogen and oxygen atoms in total. The van der Waals surface area contributed by atoms with Crippen molar-refractivity contribution in [1.82, 2.24) is 5.43 Å². The van der Waals surface area contributed by atoms with Crippen LogP contribution < -0.4 is 10.7 Å². The van der Waals surface area contributed by atoms with Gasteiger partial charge in [-0.2, -0.15) is 5.10 Å². The van der Waals surface area contributed by atoms with Crippen molar-refractivity contribution in [3.63, 3.8) is 0 Å². The van der Waals surface area contributed by atoms with E-state index in [-0.39, 0.29) is 15.7 Å². The van der Waals surface area contributed by atoms with E-state index in [1.165, 1.54) is 11.8 Å². The van der Waals surface area contributed by atoms with Gasteiger partial charge in [-0.3, -0.25) is 9.59 Å². The molecule has 0 unspecified atom stereocenters. The number of carbonyl (C=O) groups is 2. The van der Waals surface area contributed by atoms with Crippen molar-refractivity contribution < 1.29 is 9.59 Å². The van der Waals surface area contributed by atoms with Gasteiger partial charge in [0, 0.05) is 0 Å². The molecule has 2 rings (SSSR count). The second kappa shape index (κ2) is 8.65. The van der Waals surface area contributed by atoms with Gasteiger partial charge in [-0.1, -0.05) is 67.4 Å². The molecule has 0 atom stereocenters. The summed E-state index contributed by atoms with van der Waals surface area (Å²) in [5, 5.41) is 6.60. The molecule has 0 aromatic heterocycles. The highest BCUT2D eigenvalue weighted by molar-refractivity contribution is 6.45. The zero-order valence-corrected chi connectivity index (χ0v) is 15.2. The molecule has 0 fully saturated rings. The molecular formula is C18H17Cl2N3O2. The number of rotatable bonds is 4. The van der Waals surface area contributed by atoms with Crippen molar-refractivity contribution >= 4 is 46.9 Å². The van der Waals surface area contributed by atoms with Gasteiger partial charge in [0.15, 0.2) is 0 Å². The molecule has 0 aliphatic carbocycles. The van der Waals surface area contributed by atoms with Crippen molar-refractivity contribution in [3.05, 3.63) is 63.6 Å². The average Bonchev–Trinajstić information content (AvgIpc) is 2.59. The number of nitrogens with one attached hydrogen (secondary N) is 2. The number of hydrogen-bond acceptors (Lipinski definition) is 3. The minimum Gasteiger partial charge on any atom is -0.316 e. The molecule has 0 saturated carbocycles. The molecular weight excluding hydrogens is 361 g/mol. The van der Waals surface area contributed by atoms with Crippen LogP contribution >= 0.6 is 23.2 Å². The molecule has 2 aromatic rings. The Morgan fingerprint density at radius 2 is 1.72 bits per heavy atom. The third kappa shape index (κ3) is 5.31. The zero-order valence-electron chi connectivity index (χ0n) is 13.7. The highest BCUT2D eigenvalue weighted by atomic mass is 35.5. The first-order chi connectivity index (χ1) is 11.9. The Kier molecular flexibility index (Phi) is 6.56. The Morgan fingerprint density at radius 3 is 2.36 bits per heavy atom. The molecule has 2 amide bonds. The summed E-state index contributed by atoms with van der Waals surface area (Å²) in [4.78, 5) is 23.6. The van der Waals surface area contributed by atoms with Crippen LogP contribution in [0.5, 0.6) is 0 Å². The van der Waals surface area contributed by atoms with E-state index in [4.69, 9.17) is 23.2 Å². The predicted octanol–water partition coefficient (Wildman–Crippen LogP) is 4.21. The van der Waals surface area contributed by atoms with Crippen LogP contribution in [0.2, 0.25) is 10.0 Å². The number of anilines is 1. The van der Waals surface area contributed by atoms with Gasteiger partial charge in [-0.25, -0.2) is 5.43 Å². The maximum atomic E-state index is 11.8.